The van der Waals surface area contributed by atoms with Crippen molar-refractivity contribution in [2.45, 2.75) is 32.6 Å². The summed E-state index contributed by atoms with van der Waals surface area (Å²) in [5, 5.41) is 10.9. The van der Waals surface area contributed by atoms with E-state index in [1.165, 1.54) is 28.9 Å². The molecule has 1 aromatic heterocycles. The lowest BCUT2D eigenvalue weighted by atomic mass is 9.90. The normalized spacial score (nSPS) is 15.6. The smallest absolute Gasteiger partial charge is 0.323 e. The number of aryl methyl sites for hydroxylation is 2. The van der Waals surface area contributed by atoms with Crippen molar-refractivity contribution >= 4 is 22.5 Å². The number of benzene rings is 1. The first-order valence-corrected chi connectivity index (χ1v) is 8.96. The SMILES string of the molecule is Cc1ccc(CCC2CCN(C(=O)Nc3nncs3)CC2)cc1. The Morgan fingerprint density at radius 2 is 2.04 bits per heavy atom. The lowest BCUT2D eigenvalue weighted by Crippen LogP contribution is -2.41. The van der Waals surface area contributed by atoms with Crippen molar-refractivity contribution in [3.8, 4) is 0 Å². The largest absolute Gasteiger partial charge is 0.324 e. The molecule has 6 heteroatoms. The van der Waals surface area contributed by atoms with Crippen LogP contribution in [-0.2, 0) is 6.42 Å². The van der Waals surface area contributed by atoms with Gasteiger partial charge in [0, 0.05) is 13.1 Å². The Morgan fingerprint density at radius 1 is 1.30 bits per heavy atom. The molecule has 23 heavy (non-hydrogen) atoms. The number of urea groups is 1. The number of piperidine rings is 1. The van der Waals surface area contributed by atoms with Crippen molar-refractivity contribution in [3.05, 3.63) is 40.9 Å². The zero-order chi connectivity index (χ0) is 16.1. The first-order valence-electron chi connectivity index (χ1n) is 8.08. The van der Waals surface area contributed by atoms with Gasteiger partial charge in [0.25, 0.3) is 0 Å². The molecule has 1 fully saturated rings. The maximum absolute atomic E-state index is 12.1. The van der Waals surface area contributed by atoms with Gasteiger partial charge in [-0.15, -0.1) is 10.2 Å². The Bertz CT molecular complexity index is 619. The molecule has 1 aliphatic heterocycles. The zero-order valence-corrected chi connectivity index (χ0v) is 14.2. The minimum absolute atomic E-state index is 0.0567. The van der Waals surface area contributed by atoms with E-state index in [1.54, 1.807) is 5.51 Å². The number of nitrogens with one attached hydrogen (secondary N) is 1. The zero-order valence-electron chi connectivity index (χ0n) is 13.4. The van der Waals surface area contributed by atoms with Crippen LogP contribution in [0, 0.1) is 12.8 Å². The highest BCUT2D eigenvalue weighted by Gasteiger charge is 2.23. The van der Waals surface area contributed by atoms with E-state index in [2.05, 4.69) is 46.7 Å². The number of carbonyl (C=O) groups excluding carboxylic acids is 1. The van der Waals surface area contributed by atoms with Crippen molar-refractivity contribution in [2.24, 2.45) is 5.92 Å². The number of anilines is 1. The van der Waals surface area contributed by atoms with E-state index < -0.39 is 0 Å². The van der Waals surface area contributed by atoms with Crippen LogP contribution in [0.2, 0.25) is 0 Å². The molecule has 5 nitrogen and oxygen atoms in total. The molecule has 1 aromatic carbocycles. The molecule has 1 aliphatic rings. The number of rotatable bonds is 4. The Kier molecular flexibility index (Phi) is 5.23. The molecule has 0 bridgehead atoms. The molecule has 122 valence electrons. The number of carbonyl (C=O) groups is 1. The summed E-state index contributed by atoms with van der Waals surface area (Å²) in [4.78, 5) is 14.0. The average Bonchev–Trinajstić information content (AvgIpc) is 3.08. The summed E-state index contributed by atoms with van der Waals surface area (Å²) < 4.78 is 0. The van der Waals surface area contributed by atoms with E-state index in [0.29, 0.717) is 11.0 Å². The van der Waals surface area contributed by atoms with E-state index in [1.807, 2.05) is 4.90 Å². The Morgan fingerprint density at radius 3 is 2.70 bits per heavy atom. The molecular weight excluding hydrogens is 308 g/mol. The average molecular weight is 330 g/mol. The maximum Gasteiger partial charge on any atom is 0.323 e. The lowest BCUT2D eigenvalue weighted by Gasteiger charge is -2.31. The molecule has 1 saturated heterocycles. The molecule has 1 N–H and O–H groups in total. The predicted octanol–water partition coefficient (Wildman–Crippen LogP) is 3.72. The van der Waals surface area contributed by atoms with Gasteiger partial charge in [-0.1, -0.05) is 41.2 Å². The van der Waals surface area contributed by atoms with E-state index in [0.717, 1.165) is 32.4 Å². The molecule has 0 radical (unpaired) electrons. The van der Waals surface area contributed by atoms with Gasteiger partial charge in [-0.25, -0.2) is 4.79 Å². The van der Waals surface area contributed by atoms with E-state index in [4.69, 9.17) is 0 Å². The predicted molar refractivity (Wildman–Crippen MR) is 92.7 cm³/mol. The topological polar surface area (TPSA) is 58.1 Å². The van der Waals surface area contributed by atoms with Gasteiger partial charge in [0.15, 0.2) is 0 Å². The van der Waals surface area contributed by atoms with Gasteiger partial charge in [0.2, 0.25) is 5.13 Å². The van der Waals surface area contributed by atoms with Crippen LogP contribution in [0.25, 0.3) is 0 Å². The molecule has 0 aliphatic carbocycles. The van der Waals surface area contributed by atoms with Crippen molar-refractivity contribution in [2.75, 3.05) is 18.4 Å². The van der Waals surface area contributed by atoms with Gasteiger partial charge in [-0.05, 0) is 44.1 Å². The van der Waals surface area contributed by atoms with Crippen molar-refractivity contribution in [1.82, 2.24) is 15.1 Å². The number of aromatic nitrogens is 2. The van der Waals surface area contributed by atoms with Gasteiger partial charge in [-0.3, -0.25) is 5.32 Å². The number of nitrogens with zero attached hydrogens (tertiary/aromatic N) is 3. The van der Waals surface area contributed by atoms with Crippen LogP contribution in [0.3, 0.4) is 0 Å². The van der Waals surface area contributed by atoms with Gasteiger partial charge in [-0.2, -0.15) is 0 Å². The lowest BCUT2D eigenvalue weighted by molar-refractivity contribution is 0.180. The van der Waals surface area contributed by atoms with Crippen LogP contribution in [0.15, 0.2) is 29.8 Å². The highest BCUT2D eigenvalue weighted by molar-refractivity contribution is 7.13. The van der Waals surface area contributed by atoms with Gasteiger partial charge in [0.1, 0.15) is 5.51 Å². The fourth-order valence-electron chi connectivity index (χ4n) is 2.95. The molecule has 2 aromatic rings. The summed E-state index contributed by atoms with van der Waals surface area (Å²) in [7, 11) is 0. The molecule has 3 rings (SSSR count). The number of likely N-dealkylation sites (tertiary alicyclic amines) is 1. The monoisotopic (exact) mass is 330 g/mol. The Balaban J connectivity index is 1.41. The molecule has 2 amide bonds. The first-order chi connectivity index (χ1) is 11.2. The third kappa shape index (κ3) is 4.51. The van der Waals surface area contributed by atoms with Crippen LogP contribution in [0.1, 0.15) is 30.4 Å². The summed E-state index contributed by atoms with van der Waals surface area (Å²) in [5.41, 5.74) is 4.34. The second kappa shape index (κ2) is 7.55. The number of hydrogen-bond donors (Lipinski definition) is 1. The summed E-state index contributed by atoms with van der Waals surface area (Å²) in [6.45, 7) is 3.76. The summed E-state index contributed by atoms with van der Waals surface area (Å²) in [6.07, 6.45) is 4.49. The summed E-state index contributed by atoms with van der Waals surface area (Å²) in [5.74, 6) is 0.710. The molecule has 0 atom stereocenters. The van der Waals surface area contributed by atoms with Crippen LogP contribution in [-0.4, -0.2) is 34.2 Å². The van der Waals surface area contributed by atoms with Gasteiger partial charge in [0.05, 0.1) is 0 Å². The van der Waals surface area contributed by atoms with Crippen molar-refractivity contribution in [1.29, 1.82) is 0 Å². The molecule has 2 heterocycles. The van der Waals surface area contributed by atoms with E-state index in [9.17, 15) is 4.79 Å². The summed E-state index contributed by atoms with van der Waals surface area (Å²) in [6, 6.07) is 8.74. The third-order valence-corrected chi connectivity index (χ3v) is 5.04. The Labute approximate surface area is 140 Å². The molecule has 0 spiro atoms. The fourth-order valence-corrected chi connectivity index (χ4v) is 3.38. The van der Waals surface area contributed by atoms with E-state index in [-0.39, 0.29) is 6.03 Å². The number of amides is 2. The van der Waals surface area contributed by atoms with Crippen LogP contribution in [0.4, 0.5) is 9.93 Å². The standard InChI is InChI=1S/C17H22N4OS/c1-13-2-4-14(5-3-13)6-7-15-8-10-21(11-9-15)17(22)19-16-20-18-12-23-16/h2-5,12,15H,6-11H2,1H3,(H,19,20,22). The summed E-state index contributed by atoms with van der Waals surface area (Å²) >= 11 is 1.34. The van der Waals surface area contributed by atoms with Crippen LogP contribution in [0.5, 0.6) is 0 Å². The molecule has 0 saturated carbocycles. The van der Waals surface area contributed by atoms with Crippen molar-refractivity contribution in [3.63, 3.8) is 0 Å². The minimum atomic E-state index is -0.0567. The minimum Gasteiger partial charge on any atom is -0.324 e. The Hall–Kier alpha value is -1.95. The highest BCUT2D eigenvalue weighted by atomic mass is 32.1. The van der Waals surface area contributed by atoms with Gasteiger partial charge >= 0.3 is 6.03 Å². The third-order valence-electron chi connectivity index (χ3n) is 4.44. The molecule has 0 unspecified atom stereocenters. The number of hydrogen-bond acceptors (Lipinski definition) is 4. The van der Waals surface area contributed by atoms with Crippen molar-refractivity contribution < 1.29 is 4.79 Å². The van der Waals surface area contributed by atoms with E-state index >= 15 is 0 Å². The second-order valence-electron chi connectivity index (χ2n) is 6.13. The first kappa shape index (κ1) is 15.9. The van der Waals surface area contributed by atoms with Crippen LogP contribution < -0.4 is 5.32 Å². The fraction of sp³-hybridized carbons (Fsp3) is 0.471. The van der Waals surface area contributed by atoms with Gasteiger partial charge < -0.3 is 4.90 Å². The second-order valence-corrected chi connectivity index (χ2v) is 6.96. The highest BCUT2D eigenvalue weighted by Crippen LogP contribution is 2.23. The van der Waals surface area contributed by atoms with Crippen LogP contribution >= 0.6 is 11.3 Å². The quantitative estimate of drug-likeness (QED) is 0.929. The maximum atomic E-state index is 12.1. The molecular formula is C17H22N4OS.